The monoisotopic (exact) mass is 504 g/mol. The summed E-state index contributed by atoms with van der Waals surface area (Å²) in [4.78, 5) is 18.5. The van der Waals surface area contributed by atoms with Crippen LogP contribution in [0.4, 0.5) is 8.78 Å². The highest BCUT2D eigenvalue weighted by atomic mass is 19.3. The van der Waals surface area contributed by atoms with Crippen molar-refractivity contribution in [3.05, 3.63) is 77.2 Å². The Bertz CT molecular complexity index is 1630. The third-order valence-corrected chi connectivity index (χ3v) is 5.85. The number of ether oxygens (including phenoxy) is 2. The molecular weight excluding hydrogens is 478 g/mol. The molecule has 5 aromatic rings. The van der Waals surface area contributed by atoms with Crippen LogP contribution in [0.3, 0.4) is 0 Å². The van der Waals surface area contributed by atoms with Gasteiger partial charge in [0.2, 0.25) is 5.88 Å². The van der Waals surface area contributed by atoms with Crippen LogP contribution in [-0.4, -0.2) is 32.5 Å². The van der Waals surface area contributed by atoms with Crippen LogP contribution in [0.5, 0.6) is 11.6 Å². The van der Waals surface area contributed by atoms with Crippen LogP contribution < -0.4 is 15.0 Å². The molecule has 0 bridgehead atoms. The number of rotatable bonds is 8. The molecule has 0 fully saturated rings. The maximum atomic E-state index is 13.9. The zero-order valence-electron chi connectivity index (χ0n) is 20.7. The molecule has 0 radical (unpaired) electrons. The van der Waals surface area contributed by atoms with E-state index in [2.05, 4.69) is 28.7 Å². The van der Waals surface area contributed by atoms with Gasteiger partial charge in [0.25, 0.3) is 5.56 Å². The van der Waals surface area contributed by atoms with Gasteiger partial charge in [-0.15, -0.1) is 0 Å². The van der Waals surface area contributed by atoms with Gasteiger partial charge < -0.3 is 9.47 Å². The topological polar surface area (TPSA) is 71.2 Å². The molecule has 0 atom stereocenters. The number of pyridine rings is 2. The first-order valence-corrected chi connectivity index (χ1v) is 12.0. The van der Waals surface area contributed by atoms with Gasteiger partial charge in [0.05, 0.1) is 17.8 Å². The Balaban J connectivity index is 1.68. The lowest BCUT2D eigenvalue weighted by molar-refractivity contribution is -0.0498. The van der Waals surface area contributed by atoms with Gasteiger partial charge in [-0.1, -0.05) is 19.9 Å². The average molecular weight is 505 g/mol. The van der Waals surface area contributed by atoms with Gasteiger partial charge in [0.15, 0.2) is 5.65 Å². The van der Waals surface area contributed by atoms with Crippen molar-refractivity contribution in [1.82, 2.24) is 19.3 Å². The molecule has 0 N–H and O–H groups in total. The Labute approximate surface area is 211 Å². The molecule has 3 aromatic heterocycles. The smallest absolute Gasteiger partial charge is 0.387 e. The Morgan fingerprint density at radius 1 is 0.973 bits per heavy atom. The zero-order chi connectivity index (χ0) is 26.1. The van der Waals surface area contributed by atoms with Crippen molar-refractivity contribution in [3.8, 4) is 28.4 Å². The summed E-state index contributed by atoms with van der Waals surface area (Å²) in [7, 11) is 0. The molecule has 2 aromatic carbocycles. The average Bonchev–Trinajstić information content (AvgIpc) is 3.25. The van der Waals surface area contributed by atoms with Gasteiger partial charge >= 0.3 is 6.61 Å². The minimum Gasteiger partial charge on any atom is -0.478 e. The van der Waals surface area contributed by atoms with Gasteiger partial charge in [-0.25, -0.2) is 0 Å². The van der Waals surface area contributed by atoms with Crippen LogP contribution in [0.25, 0.3) is 38.8 Å². The number of hydrogen-bond acceptors (Lipinski definition) is 5. The second-order valence-electron chi connectivity index (χ2n) is 9.08. The number of fused-ring (bicyclic) bond motifs is 2. The molecule has 0 aliphatic carbocycles. The van der Waals surface area contributed by atoms with Gasteiger partial charge in [-0.2, -0.15) is 18.9 Å². The summed E-state index contributed by atoms with van der Waals surface area (Å²) >= 11 is 0. The maximum Gasteiger partial charge on any atom is 0.387 e. The quantitative estimate of drug-likeness (QED) is 0.257. The molecule has 0 saturated carbocycles. The van der Waals surface area contributed by atoms with Crippen LogP contribution in [0.1, 0.15) is 20.8 Å². The first kappa shape index (κ1) is 24.4. The van der Waals surface area contributed by atoms with E-state index < -0.39 is 6.61 Å². The van der Waals surface area contributed by atoms with E-state index >= 15 is 0 Å². The first-order valence-electron chi connectivity index (χ1n) is 12.0. The van der Waals surface area contributed by atoms with Crippen LogP contribution in [0.15, 0.2) is 71.7 Å². The maximum absolute atomic E-state index is 13.9. The van der Waals surface area contributed by atoms with E-state index in [4.69, 9.17) is 4.74 Å². The summed E-state index contributed by atoms with van der Waals surface area (Å²) in [5, 5.41) is 6.28. The fourth-order valence-electron chi connectivity index (χ4n) is 4.33. The molecule has 9 heteroatoms. The normalized spacial score (nSPS) is 11.6. The molecule has 0 saturated heterocycles. The van der Waals surface area contributed by atoms with E-state index in [1.807, 2.05) is 48.1 Å². The predicted molar refractivity (Wildman–Crippen MR) is 139 cm³/mol. The number of benzene rings is 2. The minimum atomic E-state index is -2.94. The van der Waals surface area contributed by atoms with Gasteiger partial charge in [-0.05, 0) is 66.9 Å². The summed E-state index contributed by atoms with van der Waals surface area (Å²) in [6.45, 7) is 4.40. The molecule has 0 spiro atoms. The summed E-state index contributed by atoms with van der Waals surface area (Å²) in [6, 6.07) is 17.0. The largest absolute Gasteiger partial charge is 0.478 e. The molecule has 0 amide bonds. The van der Waals surface area contributed by atoms with Crippen molar-refractivity contribution in [3.63, 3.8) is 0 Å². The van der Waals surface area contributed by atoms with Crippen molar-refractivity contribution in [2.75, 3.05) is 6.61 Å². The van der Waals surface area contributed by atoms with E-state index in [1.165, 1.54) is 16.7 Å². The summed E-state index contributed by atoms with van der Waals surface area (Å²) < 4.78 is 38.7. The fourth-order valence-corrected chi connectivity index (χ4v) is 4.33. The number of hydrogen-bond donors (Lipinski definition) is 0. The Morgan fingerprint density at radius 2 is 1.76 bits per heavy atom. The number of aromatic nitrogens is 4. The summed E-state index contributed by atoms with van der Waals surface area (Å²) in [5.74, 6) is 0.833. The minimum absolute atomic E-state index is 0.000847. The van der Waals surface area contributed by atoms with E-state index in [0.717, 1.165) is 28.4 Å². The Hall–Kier alpha value is -4.27. The standard InChI is InChI=1S/C28H26F2N4O3/c1-4-36-25-12-6-19-14-23(18-5-11-24-20(13-18)16-33(32-24)15-17(2)3)27(35)34(26(19)31-25)21-7-9-22(10-8-21)37-28(29)30/h5-14,16-17,28H,4,15H2,1-3H3. The summed E-state index contributed by atoms with van der Waals surface area (Å²) in [5.41, 5.74) is 2.63. The summed E-state index contributed by atoms with van der Waals surface area (Å²) in [6.07, 6.45) is 1.98. The predicted octanol–water partition coefficient (Wildman–Crippen LogP) is 6.06. The molecule has 3 heterocycles. The lowest BCUT2D eigenvalue weighted by atomic mass is 10.0. The Morgan fingerprint density at radius 3 is 2.46 bits per heavy atom. The van der Waals surface area contributed by atoms with Crippen molar-refractivity contribution in [1.29, 1.82) is 0 Å². The lowest BCUT2D eigenvalue weighted by Gasteiger charge is -2.14. The van der Waals surface area contributed by atoms with E-state index in [9.17, 15) is 13.6 Å². The van der Waals surface area contributed by atoms with Gasteiger partial charge in [0, 0.05) is 35.1 Å². The van der Waals surface area contributed by atoms with Gasteiger partial charge in [0.1, 0.15) is 5.75 Å². The highest BCUT2D eigenvalue weighted by molar-refractivity contribution is 5.88. The number of alkyl halides is 2. The van der Waals surface area contributed by atoms with Crippen molar-refractivity contribution in [2.45, 2.75) is 33.9 Å². The zero-order valence-corrected chi connectivity index (χ0v) is 20.7. The van der Waals surface area contributed by atoms with Crippen molar-refractivity contribution >= 4 is 21.9 Å². The first-order chi connectivity index (χ1) is 17.8. The lowest BCUT2D eigenvalue weighted by Crippen LogP contribution is -2.21. The van der Waals surface area contributed by atoms with Crippen LogP contribution in [0.2, 0.25) is 0 Å². The van der Waals surface area contributed by atoms with E-state index in [0.29, 0.717) is 35.3 Å². The number of halogens is 2. The highest BCUT2D eigenvalue weighted by Crippen LogP contribution is 2.27. The highest BCUT2D eigenvalue weighted by Gasteiger charge is 2.16. The molecule has 0 aliphatic rings. The van der Waals surface area contributed by atoms with Crippen LogP contribution in [-0.2, 0) is 6.54 Å². The van der Waals surface area contributed by atoms with Crippen LogP contribution >= 0.6 is 0 Å². The van der Waals surface area contributed by atoms with Crippen LogP contribution in [0, 0.1) is 5.92 Å². The third-order valence-electron chi connectivity index (χ3n) is 5.85. The molecule has 0 unspecified atom stereocenters. The van der Waals surface area contributed by atoms with E-state index in [1.54, 1.807) is 18.2 Å². The molecule has 5 rings (SSSR count). The Kier molecular flexibility index (Phi) is 6.60. The fraction of sp³-hybridized carbons (Fsp3) is 0.250. The SMILES string of the molecule is CCOc1ccc2cc(-c3ccc4nn(CC(C)C)cc4c3)c(=O)n(-c3ccc(OC(F)F)cc3)c2n1. The third kappa shape index (κ3) is 5.02. The van der Waals surface area contributed by atoms with Gasteiger partial charge in [-0.3, -0.25) is 14.0 Å². The van der Waals surface area contributed by atoms with Crippen molar-refractivity contribution < 1.29 is 18.3 Å². The second-order valence-corrected chi connectivity index (χ2v) is 9.08. The molecule has 7 nitrogen and oxygen atoms in total. The second kappa shape index (κ2) is 10.0. The number of nitrogens with zero attached hydrogens (tertiary/aromatic N) is 4. The van der Waals surface area contributed by atoms with E-state index in [-0.39, 0.29) is 11.3 Å². The molecule has 190 valence electrons. The molecule has 0 aliphatic heterocycles. The van der Waals surface area contributed by atoms with Crippen molar-refractivity contribution in [2.24, 2.45) is 5.92 Å². The molecule has 37 heavy (non-hydrogen) atoms. The molecular formula is C28H26F2N4O3.